The van der Waals surface area contributed by atoms with E-state index in [-0.39, 0.29) is 5.91 Å². The van der Waals surface area contributed by atoms with Crippen LogP contribution in [0.4, 0.5) is 5.82 Å². The second-order valence-corrected chi connectivity index (χ2v) is 8.07. The van der Waals surface area contributed by atoms with E-state index in [0.717, 1.165) is 47.2 Å². The number of anilines is 1. The normalized spacial score (nSPS) is 13.8. The van der Waals surface area contributed by atoms with Gasteiger partial charge in [0.25, 0.3) is 5.91 Å². The number of aromatic nitrogens is 2. The van der Waals surface area contributed by atoms with Crippen LogP contribution >= 0.6 is 11.3 Å². The Balaban J connectivity index is 1.36. The molecule has 3 heterocycles. The molecule has 1 N–H and O–H groups in total. The number of nitrogens with one attached hydrogen (secondary N) is 1. The molecular weight excluding hydrogens is 412 g/mol. The van der Waals surface area contributed by atoms with Gasteiger partial charge in [0, 0.05) is 36.8 Å². The lowest BCUT2D eigenvalue weighted by molar-refractivity contribution is 0.0946. The Bertz CT molecular complexity index is 1000. The minimum atomic E-state index is -0.184. The van der Waals surface area contributed by atoms with Crippen molar-refractivity contribution < 1.29 is 14.3 Å². The van der Waals surface area contributed by atoms with E-state index >= 15 is 0 Å². The van der Waals surface area contributed by atoms with Crippen molar-refractivity contribution in [2.45, 2.75) is 19.9 Å². The maximum atomic E-state index is 12.6. The van der Waals surface area contributed by atoms with Gasteiger partial charge in [-0.1, -0.05) is 19.1 Å². The highest BCUT2D eigenvalue weighted by molar-refractivity contribution is 7.13. The van der Waals surface area contributed by atoms with E-state index in [9.17, 15) is 4.79 Å². The lowest BCUT2D eigenvalue weighted by atomic mass is 10.2. The summed E-state index contributed by atoms with van der Waals surface area (Å²) >= 11 is 1.46. The number of hydrogen-bond acceptors (Lipinski definition) is 7. The summed E-state index contributed by atoms with van der Waals surface area (Å²) in [6.07, 6.45) is 2.76. The van der Waals surface area contributed by atoms with Gasteiger partial charge in [-0.05, 0) is 36.2 Å². The molecule has 0 aliphatic carbocycles. The van der Waals surface area contributed by atoms with Gasteiger partial charge in [-0.25, -0.2) is 9.97 Å². The van der Waals surface area contributed by atoms with Gasteiger partial charge in [-0.2, -0.15) is 0 Å². The largest absolute Gasteiger partial charge is 0.494 e. The van der Waals surface area contributed by atoms with Crippen LogP contribution in [0.3, 0.4) is 0 Å². The number of carbonyl (C=O) groups excluding carboxylic acids is 1. The first-order valence-corrected chi connectivity index (χ1v) is 11.4. The van der Waals surface area contributed by atoms with Crippen LogP contribution in [-0.2, 0) is 11.3 Å². The fraction of sp³-hybridized carbons (Fsp3) is 0.348. The molecule has 0 atom stereocenters. The smallest absolute Gasteiger partial charge is 0.271 e. The molecule has 1 fully saturated rings. The van der Waals surface area contributed by atoms with Crippen LogP contribution in [0.2, 0.25) is 0 Å². The van der Waals surface area contributed by atoms with Crippen molar-refractivity contribution in [3.8, 4) is 16.3 Å². The van der Waals surface area contributed by atoms with E-state index < -0.39 is 0 Å². The first-order valence-electron chi connectivity index (χ1n) is 10.5. The molecule has 1 saturated heterocycles. The van der Waals surface area contributed by atoms with E-state index in [0.29, 0.717) is 32.1 Å². The van der Waals surface area contributed by atoms with Gasteiger partial charge in [0.2, 0.25) is 0 Å². The fourth-order valence-corrected chi connectivity index (χ4v) is 4.02. The maximum absolute atomic E-state index is 12.6. The molecule has 3 aromatic rings. The van der Waals surface area contributed by atoms with Crippen LogP contribution in [0.5, 0.6) is 5.75 Å². The molecule has 0 saturated carbocycles. The van der Waals surface area contributed by atoms with Gasteiger partial charge in [0.1, 0.15) is 22.3 Å². The van der Waals surface area contributed by atoms with Gasteiger partial charge in [0.05, 0.1) is 19.8 Å². The molecule has 1 aliphatic rings. The van der Waals surface area contributed by atoms with Crippen LogP contribution in [0, 0.1) is 0 Å². The van der Waals surface area contributed by atoms with Crippen molar-refractivity contribution in [1.82, 2.24) is 15.3 Å². The van der Waals surface area contributed by atoms with Crippen LogP contribution < -0.4 is 15.0 Å². The minimum absolute atomic E-state index is 0.184. The minimum Gasteiger partial charge on any atom is -0.494 e. The maximum Gasteiger partial charge on any atom is 0.271 e. The Morgan fingerprint density at radius 3 is 2.81 bits per heavy atom. The van der Waals surface area contributed by atoms with Gasteiger partial charge < -0.3 is 19.7 Å². The predicted molar refractivity (Wildman–Crippen MR) is 122 cm³/mol. The summed E-state index contributed by atoms with van der Waals surface area (Å²) in [7, 11) is 0. The van der Waals surface area contributed by atoms with Gasteiger partial charge >= 0.3 is 0 Å². The molecule has 7 nitrogen and oxygen atoms in total. The van der Waals surface area contributed by atoms with Crippen molar-refractivity contribution in [3.63, 3.8) is 0 Å². The Morgan fingerprint density at radius 2 is 2.03 bits per heavy atom. The molecule has 4 rings (SSSR count). The summed E-state index contributed by atoms with van der Waals surface area (Å²) < 4.78 is 11.0. The average molecular weight is 439 g/mol. The third-order valence-electron chi connectivity index (χ3n) is 4.91. The molecule has 2 aromatic heterocycles. The second kappa shape index (κ2) is 10.4. The van der Waals surface area contributed by atoms with Gasteiger partial charge in [-0.15, -0.1) is 11.3 Å². The van der Waals surface area contributed by atoms with Crippen molar-refractivity contribution >= 4 is 23.1 Å². The molecule has 1 aliphatic heterocycles. The summed E-state index contributed by atoms with van der Waals surface area (Å²) in [5.74, 6) is 1.57. The quantitative estimate of drug-likeness (QED) is 0.577. The summed E-state index contributed by atoms with van der Waals surface area (Å²) in [6.45, 7) is 6.29. The summed E-state index contributed by atoms with van der Waals surface area (Å²) in [5.41, 5.74) is 2.40. The topological polar surface area (TPSA) is 76.6 Å². The molecule has 0 bridgehead atoms. The first kappa shape index (κ1) is 21.3. The monoisotopic (exact) mass is 438 g/mol. The Hall–Kier alpha value is -2.97. The highest BCUT2D eigenvalue weighted by Gasteiger charge is 2.15. The highest BCUT2D eigenvalue weighted by atomic mass is 32.1. The standard InChI is InChI=1S/C23H26N4O3S/c1-2-11-30-19-5-3-17(4-6-19)15-25-22(28)20-16-31-23(26-20)18-7-8-24-21(14-18)27-9-12-29-13-10-27/h3-8,14,16H,2,9-13,15H2,1H3,(H,25,28). The first-order chi connectivity index (χ1) is 15.2. The average Bonchev–Trinajstić information content (AvgIpc) is 3.33. The molecule has 31 heavy (non-hydrogen) atoms. The molecule has 0 spiro atoms. The van der Waals surface area contributed by atoms with Gasteiger partial charge in [0.15, 0.2) is 0 Å². The zero-order valence-electron chi connectivity index (χ0n) is 17.5. The summed E-state index contributed by atoms with van der Waals surface area (Å²) in [4.78, 5) is 23.8. The molecule has 0 unspecified atom stereocenters. The Morgan fingerprint density at radius 1 is 1.23 bits per heavy atom. The Labute approximate surface area is 186 Å². The number of ether oxygens (including phenoxy) is 2. The van der Waals surface area contributed by atoms with E-state index in [1.807, 2.05) is 36.4 Å². The van der Waals surface area contributed by atoms with Crippen molar-refractivity contribution in [2.24, 2.45) is 0 Å². The van der Waals surface area contributed by atoms with Gasteiger partial charge in [-0.3, -0.25) is 4.79 Å². The Kier molecular flexibility index (Phi) is 7.11. The van der Waals surface area contributed by atoms with E-state index in [1.165, 1.54) is 11.3 Å². The molecule has 1 aromatic carbocycles. The van der Waals surface area contributed by atoms with E-state index in [1.54, 1.807) is 11.6 Å². The van der Waals surface area contributed by atoms with Crippen LogP contribution in [-0.4, -0.2) is 48.8 Å². The number of amides is 1. The van der Waals surface area contributed by atoms with Crippen LogP contribution in [0.25, 0.3) is 10.6 Å². The lowest BCUT2D eigenvalue weighted by Crippen LogP contribution is -2.36. The summed E-state index contributed by atoms with van der Waals surface area (Å²) in [6, 6.07) is 11.7. The molecule has 0 radical (unpaired) electrons. The number of benzene rings is 1. The van der Waals surface area contributed by atoms with E-state index in [2.05, 4.69) is 27.1 Å². The molecule has 1 amide bonds. The third kappa shape index (κ3) is 5.59. The summed E-state index contributed by atoms with van der Waals surface area (Å²) in [5, 5.41) is 5.53. The third-order valence-corrected chi connectivity index (χ3v) is 5.80. The number of pyridine rings is 1. The molecule has 162 valence electrons. The van der Waals surface area contributed by atoms with Crippen molar-refractivity contribution in [1.29, 1.82) is 0 Å². The van der Waals surface area contributed by atoms with Crippen molar-refractivity contribution in [2.75, 3.05) is 37.8 Å². The predicted octanol–water partition coefficient (Wildman–Crippen LogP) is 3.76. The number of morpholine rings is 1. The lowest BCUT2D eigenvalue weighted by Gasteiger charge is -2.27. The van der Waals surface area contributed by atoms with Crippen LogP contribution in [0.15, 0.2) is 48.0 Å². The number of nitrogens with zero attached hydrogens (tertiary/aromatic N) is 3. The second-order valence-electron chi connectivity index (χ2n) is 7.22. The zero-order chi connectivity index (χ0) is 21.5. The van der Waals surface area contributed by atoms with Crippen LogP contribution in [0.1, 0.15) is 29.4 Å². The van der Waals surface area contributed by atoms with Crippen molar-refractivity contribution in [3.05, 3.63) is 59.2 Å². The highest BCUT2D eigenvalue weighted by Crippen LogP contribution is 2.26. The zero-order valence-corrected chi connectivity index (χ0v) is 18.4. The number of hydrogen-bond donors (Lipinski definition) is 1. The molecule has 8 heteroatoms. The number of carbonyl (C=O) groups is 1. The molecular formula is C23H26N4O3S. The SMILES string of the molecule is CCCOc1ccc(CNC(=O)c2csc(-c3ccnc(N4CCOCC4)c3)n2)cc1. The number of rotatable bonds is 8. The fourth-order valence-electron chi connectivity index (χ4n) is 3.22. The van der Waals surface area contributed by atoms with E-state index in [4.69, 9.17) is 9.47 Å². The number of thiazole rings is 1.